The van der Waals surface area contributed by atoms with Crippen molar-refractivity contribution in [2.75, 3.05) is 18.5 Å². The summed E-state index contributed by atoms with van der Waals surface area (Å²) in [6, 6.07) is 19.4. The third-order valence-corrected chi connectivity index (χ3v) is 6.49. The summed E-state index contributed by atoms with van der Waals surface area (Å²) in [5, 5.41) is 3.81. The molecule has 4 atom stereocenters. The van der Waals surface area contributed by atoms with Crippen LogP contribution in [0.15, 0.2) is 66.7 Å². The first kappa shape index (κ1) is 16.1. The maximum absolute atomic E-state index is 6.17. The van der Waals surface area contributed by atoms with Crippen LogP contribution in [0.3, 0.4) is 0 Å². The van der Waals surface area contributed by atoms with E-state index >= 15 is 0 Å². The molecule has 0 radical (unpaired) electrons. The molecule has 2 aromatic rings. The second-order valence-electron chi connectivity index (χ2n) is 7.79. The van der Waals surface area contributed by atoms with E-state index < -0.39 is 0 Å². The van der Waals surface area contributed by atoms with Crippen molar-refractivity contribution in [3.05, 3.63) is 77.9 Å². The van der Waals surface area contributed by atoms with Crippen LogP contribution < -0.4 is 5.32 Å². The first-order valence-electron chi connectivity index (χ1n) is 9.56. The molecule has 0 amide bonds. The minimum atomic E-state index is 0.0680. The molecule has 0 bridgehead atoms. The van der Waals surface area contributed by atoms with Gasteiger partial charge in [0.15, 0.2) is 0 Å². The van der Waals surface area contributed by atoms with Crippen molar-refractivity contribution in [3.8, 4) is 0 Å². The maximum atomic E-state index is 6.17. The van der Waals surface area contributed by atoms with E-state index in [0.29, 0.717) is 25.2 Å². The maximum Gasteiger partial charge on any atom is 0.0730 e. The Balaban J connectivity index is 1.40. The predicted octanol–water partition coefficient (Wildman–Crippen LogP) is 4.30. The molecule has 0 unspecified atom stereocenters. The smallest absolute Gasteiger partial charge is 0.0730 e. The zero-order valence-corrected chi connectivity index (χ0v) is 15.0. The van der Waals surface area contributed by atoms with E-state index in [-0.39, 0.29) is 11.5 Å². The lowest BCUT2D eigenvalue weighted by atomic mass is 9.61. The van der Waals surface area contributed by atoms with Crippen molar-refractivity contribution in [3.63, 3.8) is 0 Å². The molecule has 26 heavy (non-hydrogen) atoms. The largest absolute Gasteiger partial charge is 0.380 e. The first-order chi connectivity index (χ1) is 12.8. The molecule has 3 heteroatoms. The molecule has 1 spiro atoms. The molecule has 1 saturated heterocycles. The minimum absolute atomic E-state index is 0.0680. The topological polar surface area (TPSA) is 30.5 Å². The highest BCUT2D eigenvalue weighted by molar-refractivity contribution is 5.64. The molecule has 2 aliphatic heterocycles. The van der Waals surface area contributed by atoms with Gasteiger partial charge >= 0.3 is 0 Å². The Morgan fingerprint density at radius 3 is 2.81 bits per heavy atom. The summed E-state index contributed by atoms with van der Waals surface area (Å²) in [4.78, 5) is 0. The fraction of sp³-hybridized carbons (Fsp3) is 0.391. The van der Waals surface area contributed by atoms with E-state index in [1.165, 1.54) is 22.4 Å². The number of nitrogens with one attached hydrogen (secondary N) is 1. The third-order valence-electron chi connectivity index (χ3n) is 6.49. The molecule has 2 heterocycles. The van der Waals surface area contributed by atoms with Crippen LogP contribution in [0.1, 0.15) is 24.0 Å². The zero-order chi connectivity index (χ0) is 17.6. The van der Waals surface area contributed by atoms with Gasteiger partial charge < -0.3 is 14.8 Å². The van der Waals surface area contributed by atoms with Gasteiger partial charge in [-0.1, -0.05) is 60.7 Å². The zero-order valence-electron chi connectivity index (χ0n) is 15.0. The molecule has 134 valence electrons. The normalized spacial score (nSPS) is 31.8. The summed E-state index contributed by atoms with van der Waals surface area (Å²) in [5.74, 6) is 0.309. The van der Waals surface area contributed by atoms with E-state index in [1.807, 2.05) is 6.07 Å². The molecular formula is C23H25NO2. The van der Waals surface area contributed by atoms with Gasteiger partial charge in [0.25, 0.3) is 0 Å². The molecular weight excluding hydrogens is 322 g/mol. The predicted molar refractivity (Wildman–Crippen MR) is 103 cm³/mol. The van der Waals surface area contributed by atoms with Crippen LogP contribution in [0.4, 0.5) is 5.69 Å². The van der Waals surface area contributed by atoms with Gasteiger partial charge in [0.1, 0.15) is 0 Å². The van der Waals surface area contributed by atoms with Crippen molar-refractivity contribution in [1.82, 2.24) is 0 Å². The van der Waals surface area contributed by atoms with Crippen molar-refractivity contribution in [1.29, 1.82) is 0 Å². The summed E-state index contributed by atoms with van der Waals surface area (Å²) in [6.45, 7) is 6.59. The standard InChI is InChI=1S/C23H25NO2/c1-16-13-21-23(11-12-26-21)19-9-5-6-10-20(19)24-22(23)18(16)15-25-14-17-7-3-2-4-8-17/h2-10,18,21-22,24H,1,11-15H2/t18-,21+,22-,23+/m0/s1. The Labute approximate surface area is 155 Å². The highest BCUT2D eigenvalue weighted by Crippen LogP contribution is 2.57. The summed E-state index contributed by atoms with van der Waals surface area (Å²) >= 11 is 0. The van der Waals surface area contributed by atoms with Gasteiger partial charge in [-0.3, -0.25) is 0 Å². The second-order valence-corrected chi connectivity index (χ2v) is 7.79. The SMILES string of the molecule is C=C1C[C@H]2OCC[C@@]23c2ccccc2N[C@H]3[C@H]1COCc1ccccc1. The molecule has 0 aromatic heterocycles. The average Bonchev–Trinajstić information content (AvgIpc) is 3.24. The van der Waals surface area contributed by atoms with Gasteiger partial charge in [-0.2, -0.15) is 0 Å². The van der Waals surface area contributed by atoms with Gasteiger partial charge in [0, 0.05) is 29.7 Å². The molecule has 5 rings (SSSR count). The van der Waals surface area contributed by atoms with Gasteiger partial charge in [0.05, 0.1) is 19.3 Å². The molecule has 1 saturated carbocycles. The van der Waals surface area contributed by atoms with Crippen molar-refractivity contribution >= 4 is 5.69 Å². The number of rotatable bonds is 4. The second kappa shape index (κ2) is 6.26. The molecule has 3 nitrogen and oxygen atoms in total. The lowest BCUT2D eigenvalue weighted by Gasteiger charge is -2.46. The van der Waals surface area contributed by atoms with Crippen molar-refractivity contribution in [2.45, 2.75) is 37.0 Å². The Bertz CT molecular complexity index is 818. The van der Waals surface area contributed by atoms with Crippen LogP contribution in [0.2, 0.25) is 0 Å². The van der Waals surface area contributed by atoms with E-state index in [1.54, 1.807) is 0 Å². The number of hydrogen-bond acceptors (Lipinski definition) is 3. The van der Waals surface area contributed by atoms with Gasteiger partial charge in [-0.15, -0.1) is 0 Å². The lowest BCUT2D eigenvalue weighted by Crippen LogP contribution is -2.54. The van der Waals surface area contributed by atoms with Gasteiger partial charge in [0.2, 0.25) is 0 Å². The fourth-order valence-electron chi connectivity index (χ4n) is 5.24. The molecule has 1 aliphatic carbocycles. The van der Waals surface area contributed by atoms with Gasteiger partial charge in [-0.05, 0) is 30.0 Å². The van der Waals surface area contributed by atoms with Crippen LogP contribution in [-0.2, 0) is 21.5 Å². The van der Waals surface area contributed by atoms with Crippen LogP contribution in [0.25, 0.3) is 0 Å². The Morgan fingerprint density at radius 1 is 1.12 bits per heavy atom. The summed E-state index contributed by atoms with van der Waals surface area (Å²) in [5.41, 5.74) is 5.22. The average molecular weight is 347 g/mol. The number of benzene rings is 2. The van der Waals surface area contributed by atoms with E-state index in [0.717, 1.165) is 19.4 Å². The monoisotopic (exact) mass is 347 g/mol. The highest BCUT2D eigenvalue weighted by atomic mass is 16.5. The molecule has 2 fully saturated rings. The van der Waals surface area contributed by atoms with Crippen LogP contribution in [0, 0.1) is 5.92 Å². The lowest BCUT2D eigenvalue weighted by molar-refractivity contribution is 0.0265. The molecule has 3 aliphatic rings. The fourth-order valence-corrected chi connectivity index (χ4v) is 5.24. The molecule has 1 N–H and O–H groups in total. The number of ether oxygens (including phenoxy) is 2. The Morgan fingerprint density at radius 2 is 1.92 bits per heavy atom. The third kappa shape index (κ3) is 2.34. The minimum Gasteiger partial charge on any atom is -0.380 e. The van der Waals surface area contributed by atoms with Crippen LogP contribution in [-0.4, -0.2) is 25.4 Å². The number of hydrogen-bond donors (Lipinski definition) is 1. The van der Waals surface area contributed by atoms with Crippen molar-refractivity contribution < 1.29 is 9.47 Å². The Hall–Kier alpha value is -2.10. The van der Waals surface area contributed by atoms with Gasteiger partial charge in [-0.25, -0.2) is 0 Å². The number of fused-ring (bicyclic) bond motifs is 1. The first-order valence-corrected chi connectivity index (χ1v) is 9.56. The number of para-hydroxylation sites is 1. The summed E-state index contributed by atoms with van der Waals surface area (Å²) < 4.78 is 12.3. The van der Waals surface area contributed by atoms with E-state index in [4.69, 9.17) is 9.47 Å². The van der Waals surface area contributed by atoms with Crippen LogP contribution >= 0.6 is 0 Å². The molecule has 2 aromatic carbocycles. The van der Waals surface area contributed by atoms with Crippen LogP contribution in [0.5, 0.6) is 0 Å². The highest BCUT2D eigenvalue weighted by Gasteiger charge is 2.60. The summed E-state index contributed by atoms with van der Waals surface area (Å²) in [7, 11) is 0. The van der Waals surface area contributed by atoms with E-state index in [9.17, 15) is 0 Å². The number of anilines is 1. The summed E-state index contributed by atoms with van der Waals surface area (Å²) in [6.07, 6.45) is 2.25. The van der Waals surface area contributed by atoms with Crippen molar-refractivity contribution in [2.24, 2.45) is 5.92 Å². The quantitative estimate of drug-likeness (QED) is 0.837. The Kier molecular flexibility index (Phi) is 3.87. The van der Waals surface area contributed by atoms with E-state index in [2.05, 4.69) is 60.4 Å².